The Kier molecular flexibility index (Phi) is 11.7. The van der Waals surface area contributed by atoms with E-state index < -0.39 is 0 Å². The van der Waals surface area contributed by atoms with E-state index >= 15 is 0 Å². The Balaban J connectivity index is 0.000000989. The normalized spacial score (nSPS) is 13.3. The Morgan fingerprint density at radius 3 is 2.34 bits per heavy atom. The molecule has 1 aromatic heterocycles. The van der Waals surface area contributed by atoms with Crippen molar-refractivity contribution in [3.63, 3.8) is 0 Å². The molecule has 1 aliphatic rings. The van der Waals surface area contributed by atoms with Crippen molar-refractivity contribution < 1.29 is 0 Å². The van der Waals surface area contributed by atoms with E-state index in [-0.39, 0.29) is 0 Å². The minimum absolute atomic E-state index is 0.809. The third kappa shape index (κ3) is 8.73. The molecule has 0 amide bonds. The molecule has 0 aliphatic heterocycles. The predicted molar refractivity (Wildman–Crippen MR) is 128 cm³/mol. The van der Waals surface area contributed by atoms with E-state index in [0.29, 0.717) is 0 Å². The third-order valence-electron chi connectivity index (χ3n) is 4.40. The summed E-state index contributed by atoms with van der Waals surface area (Å²) in [5, 5.41) is 3.55. The van der Waals surface area contributed by atoms with Crippen molar-refractivity contribution in [1.29, 1.82) is 0 Å². The molecule has 29 heavy (non-hydrogen) atoms. The number of hydrogen-bond acceptors (Lipinski definition) is 2. The number of pyridine rings is 1. The molecule has 0 spiro atoms. The Morgan fingerprint density at radius 1 is 1.14 bits per heavy atom. The second-order valence-electron chi connectivity index (χ2n) is 6.43. The van der Waals surface area contributed by atoms with Crippen molar-refractivity contribution in [3.8, 4) is 0 Å². The van der Waals surface area contributed by atoms with Crippen LogP contribution in [0.1, 0.15) is 49.9 Å². The van der Waals surface area contributed by atoms with Gasteiger partial charge >= 0.3 is 0 Å². The smallest absolute Gasteiger partial charge is 0.132 e. The van der Waals surface area contributed by atoms with Gasteiger partial charge in [-0.05, 0) is 36.8 Å². The van der Waals surface area contributed by atoms with Crippen LogP contribution in [-0.4, -0.2) is 17.9 Å². The number of benzene rings is 1. The molecule has 154 valence electrons. The van der Waals surface area contributed by atoms with E-state index in [1.807, 2.05) is 51.4 Å². The van der Waals surface area contributed by atoms with Crippen LogP contribution in [0.4, 0.5) is 0 Å². The molecule has 3 rings (SSSR count). The number of amidine groups is 1. The van der Waals surface area contributed by atoms with Crippen LogP contribution in [0.2, 0.25) is 0 Å². The van der Waals surface area contributed by atoms with Crippen LogP contribution >= 0.6 is 0 Å². The SMILES string of the molecule is C=C.C=Cc1ccc(C/C=C(/CC2CC2)NC(=NC)c2ccccc2)nc1.CC. The van der Waals surface area contributed by atoms with Crippen molar-refractivity contribution >= 4 is 11.9 Å². The highest BCUT2D eigenvalue weighted by Gasteiger charge is 2.23. The molecule has 0 unspecified atom stereocenters. The first-order valence-corrected chi connectivity index (χ1v) is 10.3. The highest BCUT2D eigenvalue weighted by Crippen LogP contribution is 2.34. The van der Waals surface area contributed by atoms with E-state index in [1.54, 1.807) is 0 Å². The molecule has 1 heterocycles. The van der Waals surface area contributed by atoms with Crippen molar-refractivity contribution in [2.24, 2.45) is 10.9 Å². The summed E-state index contributed by atoms with van der Waals surface area (Å²) < 4.78 is 0. The number of nitrogens with zero attached hydrogens (tertiary/aromatic N) is 2. The lowest BCUT2D eigenvalue weighted by Gasteiger charge is -2.13. The molecule has 2 aromatic rings. The van der Waals surface area contributed by atoms with Gasteiger partial charge in [0.2, 0.25) is 0 Å². The Bertz CT molecular complexity index is 769. The number of aromatic nitrogens is 1. The summed E-state index contributed by atoms with van der Waals surface area (Å²) in [6, 6.07) is 14.4. The van der Waals surface area contributed by atoms with Crippen LogP contribution < -0.4 is 5.32 Å². The van der Waals surface area contributed by atoms with Gasteiger partial charge < -0.3 is 5.32 Å². The summed E-state index contributed by atoms with van der Waals surface area (Å²) in [6.45, 7) is 13.8. The topological polar surface area (TPSA) is 37.3 Å². The zero-order chi connectivity index (χ0) is 21.5. The van der Waals surface area contributed by atoms with Crippen molar-refractivity contribution in [2.75, 3.05) is 7.05 Å². The van der Waals surface area contributed by atoms with Gasteiger partial charge in [-0.2, -0.15) is 0 Å². The van der Waals surface area contributed by atoms with Crippen LogP contribution in [0.15, 0.2) is 85.2 Å². The minimum Gasteiger partial charge on any atom is -0.344 e. The molecule has 0 saturated heterocycles. The number of rotatable bonds is 7. The number of hydrogen-bond donors (Lipinski definition) is 1. The predicted octanol–water partition coefficient (Wildman–Crippen LogP) is 6.45. The summed E-state index contributed by atoms with van der Waals surface area (Å²) in [5.41, 5.74) is 4.46. The maximum Gasteiger partial charge on any atom is 0.132 e. The molecule has 1 aromatic carbocycles. The van der Waals surface area contributed by atoms with Gasteiger partial charge in [-0.1, -0.05) is 69.0 Å². The van der Waals surface area contributed by atoms with Gasteiger partial charge in [-0.3, -0.25) is 9.98 Å². The zero-order valence-electron chi connectivity index (χ0n) is 18.2. The number of nitrogens with one attached hydrogen (secondary N) is 1. The lowest BCUT2D eigenvalue weighted by atomic mass is 10.1. The summed E-state index contributed by atoms with van der Waals surface area (Å²) in [7, 11) is 1.83. The van der Waals surface area contributed by atoms with Gasteiger partial charge in [0.25, 0.3) is 0 Å². The fraction of sp³-hybridized carbons (Fsp3) is 0.308. The van der Waals surface area contributed by atoms with E-state index in [1.165, 1.54) is 18.5 Å². The second kappa shape index (κ2) is 14.1. The molecule has 1 aliphatic carbocycles. The van der Waals surface area contributed by atoms with Crippen LogP contribution in [-0.2, 0) is 6.42 Å². The van der Waals surface area contributed by atoms with Gasteiger partial charge in [-0.25, -0.2) is 0 Å². The molecule has 1 fully saturated rings. The zero-order valence-corrected chi connectivity index (χ0v) is 18.2. The van der Waals surface area contributed by atoms with Crippen molar-refractivity contribution in [3.05, 3.63) is 97.0 Å². The molecule has 0 radical (unpaired) electrons. The first-order chi connectivity index (χ1) is 14.3. The van der Waals surface area contributed by atoms with E-state index in [0.717, 1.165) is 41.4 Å². The van der Waals surface area contributed by atoms with E-state index in [4.69, 9.17) is 0 Å². The van der Waals surface area contributed by atoms with Gasteiger partial charge in [0.15, 0.2) is 0 Å². The highest BCUT2D eigenvalue weighted by atomic mass is 15.0. The fourth-order valence-electron chi connectivity index (χ4n) is 2.73. The monoisotopic (exact) mass is 389 g/mol. The highest BCUT2D eigenvalue weighted by molar-refractivity contribution is 5.99. The van der Waals surface area contributed by atoms with Gasteiger partial charge in [0.05, 0.1) is 0 Å². The molecular formula is C26H35N3. The Hall–Kier alpha value is -2.94. The summed E-state index contributed by atoms with van der Waals surface area (Å²) in [6.07, 6.45) is 10.5. The second-order valence-corrected chi connectivity index (χ2v) is 6.43. The molecular weight excluding hydrogens is 354 g/mol. The fourth-order valence-corrected chi connectivity index (χ4v) is 2.73. The average molecular weight is 390 g/mol. The third-order valence-corrected chi connectivity index (χ3v) is 4.40. The molecule has 3 nitrogen and oxygen atoms in total. The van der Waals surface area contributed by atoms with Gasteiger partial charge in [0.1, 0.15) is 5.84 Å². The van der Waals surface area contributed by atoms with Crippen molar-refractivity contribution in [1.82, 2.24) is 10.3 Å². The standard InChI is InChI=1S/C22H25N3.C2H6.C2H4/c1-3-17-11-12-20(24-16-17)13-14-21(15-18-9-10-18)25-22(23-2)19-7-5-4-6-8-19;2*1-2/h3-8,11-12,14,16,18H,1,9-10,13,15H2,2H3,(H,23,25);1-2H3;1-2H2/b21-14-;;. The average Bonchev–Trinajstić information content (AvgIpc) is 3.63. The van der Waals surface area contributed by atoms with Gasteiger partial charge in [-0.15, -0.1) is 13.2 Å². The largest absolute Gasteiger partial charge is 0.344 e. The molecule has 3 heteroatoms. The summed E-state index contributed by atoms with van der Waals surface area (Å²) in [5.74, 6) is 1.73. The lowest BCUT2D eigenvalue weighted by Crippen LogP contribution is -2.24. The van der Waals surface area contributed by atoms with Crippen LogP contribution in [0.3, 0.4) is 0 Å². The van der Waals surface area contributed by atoms with Crippen LogP contribution in [0.25, 0.3) is 6.08 Å². The number of aliphatic imine (C=N–C) groups is 1. The van der Waals surface area contributed by atoms with Gasteiger partial charge in [0, 0.05) is 36.6 Å². The molecule has 1 N–H and O–H groups in total. The summed E-state index contributed by atoms with van der Waals surface area (Å²) >= 11 is 0. The Labute approximate surface area is 177 Å². The molecule has 1 saturated carbocycles. The van der Waals surface area contributed by atoms with E-state index in [2.05, 4.69) is 65.4 Å². The Morgan fingerprint density at radius 2 is 1.83 bits per heavy atom. The molecule has 0 atom stereocenters. The first-order valence-electron chi connectivity index (χ1n) is 10.3. The van der Waals surface area contributed by atoms with E-state index in [9.17, 15) is 0 Å². The minimum atomic E-state index is 0.809. The first kappa shape index (κ1) is 24.1. The lowest BCUT2D eigenvalue weighted by molar-refractivity contribution is 0.778. The van der Waals surface area contributed by atoms with Crippen molar-refractivity contribution in [2.45, 2.75) is 39.5 Å². The summed E-state index contributed by atoms with van der Waals surface area (Å²) in [4.78, 5) is 8.94. The molecule has 0 bridgehead atoms. The maximum absolute atomic E-state index is 4.50. The van der Waals surface area contributed by atoms with Crippen LogP contribution in [0, 0.1) is 5.92 Å². The number of allylic oxidation sites excluding steroid dienone is 2. The van der Waals surface area contributed by atoms with Crippen LogP contribution in [0.5, 0.6) is 0 Å². The quantitative estimate of drug-likeness (QED) is 0.336. The maximum atomic E-state index is 4.50.